The molecule has 1 aromatic heterocycles. The first-order valence-corrected chi connectivity index (χ1v) is 4.86. The van der Waals surface area contributed by atoms with Gasteiger partial charge in [0, 0.05) is 13.1 Å². The average molecular weight is 215 g/mol. The molecule has 2 heterocycles. The standard InChI is InChI=1S/C8H11ClN4O/c9-5-6(10)11-8(14)12-7(5)13-3-1-2-4-13/h1-4H2,(H3,10,11,12,14). The van der Waals surface area contributed by atoms with Crippen LogP contribution in [0.25, 0.3) is 0 Å². The Labute approximate surface area is 85.9 Å². The summed E-state index contributed by atoms with van der Waals surface area (Å²) < 4.78 is 0. The van der Waals surface area contributed by atoms with Crippen molar-refractivity contribution in [1.82, 2.24) is 9.97 Å². The van der Waals surface area contributed by atoms with Gasteiger partial charge in [0.1, 0.15) is 10.8 Å². The maximum absolute atomic E-state index is 11.1. The first kappa shape index (κ1) is 9.33. The van der Waals surface area contributed by atoms with E-state index in [-0.39, 0.29) is 5.82 Å². The van der Waals surface area contributed by atoms with E-state index in [2.05, 4.69) is 9.97 Å². The largest absolute Gasteiger partial charge is 0.384 e. The fourth-order valence-corrected chi connectivity index (χ4v) is 1.81. The zero-order chi connectivity index (χ0) is 10.1. The number of aromatic nitrogens is 2. The monoisotopic (exact) mass is 214 g/mol. The summed E-state index contributed by atoms with van der Waals surface area (Å²) in [5.74, 6) is 0.694. The molecule has 1 aliphatic rings. The number of aromatic amines is 1. The lowest BCUT2D eigenvalue weighted by Gasteiger charge is -2.17. The molecule has 1 fully saturated rings. The molecule has 0 aromatic carbocycles. The van der Waals surface area contributed by atoms with Crippen LogP contribution in [0.4, 0.5) is 11.6 Å². The number of nitrogen functional groups attached to an aromatic ring is 1. The first-order valence-electron chi connectivity index (χ1n) is 4.49. The summed E-state index contributed by atoms with van der Waals surface area (Å²) in [5.41, 5.74) is 5.08. The number of nitrogens with zero attached hydrogens (tertiary/aromatic N) is 2. The Morgan fingerprint density at radius 3 is 2.71 bits per heavy atom. The summed E-state index contributed by atoms with van der Waals surface area (Å²) in [6.07, 6.45) is 2.20. The minimum absolute atomic E-state index is 0.188. The lowest BCUT2D eigenvalue weighted by Crippen LogP contribution is -2.24. The minimum Gasteiger partial charge on any atom is -0.384 e. The van der Waals surface area contributed by atoms with Gasteiger partial charge < -0.3 is 10.6 Å². The van der Waals surface area contributed by atoms with Gasteiger partial charge in [-0.25, -0.2) is 4.79 Å². The highest BCUT2D eigenvalue weighted by Gasteiger charge is 2.18. The van der Waals surface area contributed by atoms with Crippen molar-refractivity contribution >= 4 is 23.2 Å². The summed E-state index contributed by atoms with van der Waals surface area (Å²) in [4.78, 5) is 19.2. The van der Waals surface area contributed by atoms with Gasteiger partial charge in [0.25, 0.3) is 0 Å². The van der Waals surface area contributed by atoms with Gasteiger partial charge in [0.05, 0.1) is 0 Å². The summed E-state index contributed by atoms with van der Waals surface area (Å²) >= 11 is 5.95. The quantitative estimate of drug-likeness (QED) is 0.718. The number of nitrogens with two attached hydrogens (primary N) is 1. The van der Waals surface area contributed by atoms with Crippen molar-refractivity contribution in [2.45, 2.75) is 12.8 Å². The molecule has 0 aliphatic carbocycles. The molecule has 0 unspecified atom stereocenters. The first-order chi connectivity index (χ1) is 6.68. The Bertz CT molecular complexity index is 397. The van der Waals surface area contributed by atoms with E-state index in [0.717, 1.165) is 25.9 Å². The average Bonchev–Trinajstić information content (AvgIpc) is 2.63. The SMILES string of the molecule is Nc1[nH]c(=O)nc(N2CCCC2)c1Cl. The van der Waals surface area contributed by atoms with E-state index in [9.17, 15) is 4.79 Å². The molecular weight excluding hydrogens is 204 g/mol. The van der Waals surface area contributed by atoms with Crippen LogP contribution in [0.2, 0.25) is 5.02 Å². The zero-order valence-corrected chi connectivity index (χ0v) is 8.34. The van der Waals surface area contributed by atoms with Gasteiger partial charge in [-0.2, -0.15) is 4.98 Å². The summed E-state index contributed by atoms with van der Waals surface area (Å²) in [7, 11) is 0. The molecule has 0 atom stereocenters. The Morgan fingerprint density at radius 2 is 2.07 bits per heavy atom. The fraction of sp³-hybridized carbons (Fsp3) is 0.500. The molecule has 1 saturated heterocycles. The van der Waals surface area contributed by atoms with Gasteiger partial charge in [-0.05, 0) is 12.8 Å². The number of halogens is 1. The van der Waals surface area contributed by atoms with Crippen molar-refractivity contribution in [2.75, 3.05) is 23.7 Å². The van der Waals surface area contributed by atoms with Crippen LogP contribution in [-0.4, -0.2) is 23.1 Å². The van der Waals surface area contributed by atoms with Gasteiger partial charge in [-0.15, -0.1) is 0 Å². The van der Waals surface area contributed by atoms with E-state index < -0.39 is 5.69 Å². The van der Waals surface area contributed by atoms with Crippen LogP contribution in [0.5, 0.6) is 0 Å². The number of rotatable bonds is 1. The molecule has 0 bridgehead atoms. The molecule has 1 aromatic rings. The highest BCUT2D eigenvalue weighted by molar-refractivity contribution is 6.35. The van der Waals surface area contributed by atoms with Gasteiger partial charge in [0.15, 0.2) is 5.82 Å². The van der Waals surface area contributed by atoms with E-state index in [4.69, 9.17) is 17.3 Å². The Morgan fingerprint density at radius 1 is 1.43 bits per heavy atom. The van der Waals surface area contributed by atoms with Gasteiger partial charge in [0.2, 0.25) is 0 Å². The normalized spacial score (nSPS) is 16.2. The molecule has 0 saturated carbocycles. The van der Waals surface area contributed by atoms with Crippen LogP contribution in [0.3, 0.4) is 0 Å². The van der Waals surface area contributed by atoms with Gasteiger partial charge in [-0.1, -0.05) is 11.6 Å². The second kappa shape index (κ2) is 3.49. The molecule has 6 heteroatoms. The Kier molecular flexibility index (Phi) is 2.33. The molecule has 5 nitrogen and oxygen atoms in total. The van der Waals surface area contributed by atoms with Crippen LogP contribution in [0.1, 0.15) is 12.8 Å². The van der Waals surface area contributed by atoms with Crippen LogP contribution < -0.4 is 16.3 Å². The van der Waals surface area contributed by atoms with Crippen LogP contribution in [0, 0.1) is 0 Å². The third-order valence-corrected chi connectivity index (χ3v) is 2.66. The molecule has 1 aliphatic heterocycles. The second-order valence-corrected chi connectivity index (χ2v) is 3.67. The maximum Gasteiger partial charge on any atom is 0.348 e. The smallest absolute Gasteiger partial charge is 0.348 e. The van der Waals surface area contributed by atoms with Crippen molar-refractivity contribution in [3.05, 3.63) is 15.5 Å². The van der Waals surface area contributed by atoms with Crippen molar-refractivity contribution in [1.29, 1.82) is 0 Å². The van der Waals surface area contributed by atoms with Gasteiger partial charge in [-0.3, -0.25) is 4.98 Å². The predicted octanol–water partition coefficient (Wildman–Crippen LogP) is 0.606. The number of hydrogen-bond acceptors (Lipinski definition) is 4. The van der Waals surface area contributed by atoms with E-state index in [0.29, 0.717) is 10.8 Å². The molecule has 14 heavy (non-hydrogen) atoms. The molecular formula is C8H11ClN4O. The van der Waals surface area contributed by atoms with Gasteiger partial charge >= 0.3 is 5.69 Å². The van der Waals surface area contributed by atoms with E-state index in [1.165, 1.54) is 0 Å². The molecule has 0 amide bonds. The molecule has 2 rings (SSSR count). The summed E-state index contributed by atoms with van der Waals surface area (Å²) in [5, 5.41) is 0.339. The lowest BCUT2D eigenvalue weighted by molar-refractivity contribution is 0.915. The highest BCUT2D eigenvalue weighted by Crippen LogP contribution is 2.28. The number of H-pyrrole nitrogens is 1. The maximum atomic E-state index is 11.1. The minimum atomic E-state index is -0.450. The predicted molar refractivity (Wildman–Crippen MR) is 55.7 cm³/mol. The summed E-state index contributed by atoms with van der Waals surface area (Å²) in [6, 6.07) is 0. The fourth-order valence-electron chi connectivity index (χ4n) is 1.60. The van der Waals surface area contributed by atoms with E-state index in [1.54, 1.807) is 0 Å². The van der Waals surface area contributed by atoms with Crippen molar-refractivity contribution in [3.8, 4) is 0 Å². The number of anilines is 2. The van der Waals surface area contributed by atoms with E-state index >= 15 is 0 Å². The van der Waals surface area contributed by atoms with Crippen molar-refractivity contribution in [2.24, 2.45) is 0 Å². The Balaban J connectivity index is 2.45. The molecule has 3 N–H and O–H groups in total. The lowest BCUT2D eigenvalue weighted by atomic mass is 10.4. The van der Waals surface area contributed by atoms with Crippen molar-refractivity contribution in [3.63, 3.8) is 0 Å². The van der Waals surface area contributed by atoms with Crippen LogP contribution in [-0.2, 0) is 0 Å². The third kappa shape index (κ3) is 1.55. The number of nitrogens with one attached hydrogen (secondary N) is 1. The number of hydrogen-bond donors (Lipinski definition) is 2. The van der Waals surface area contributed by atoms with Crippen molar-refractivity contribution < 1.29 is 0 Å². The Hall–Kier alpha value is -1.23. The summed E-state index contributed by atoms with van der Waals surface area (Å²) in [6.45, 7) is 1.77. The molecule has 0 spiro atoms. The van der Waals surface area contributed by atoms with Crippen LogP contribution in [0.15, 0.2) is 4.79 Å². The van der Waals surface area contributed by atoms with Crippen LogP contribution >= 0.6 is 11.6 Å². The topological polar surface area (TPSA) is 75.0 Å². The zero-order valence-electron chi connectivity index (χ0n) is 7.59. The van der Waals surface area contributed by atoms with E-state index in [1.807, 2.05) is 4.90 Å². The third-order valence-electron chi connectivity index (χ3n) is 2.29. The molecule has 0 radical (unpaired) electrons. The second-order valence-electron chi connectivity index (χ2n) is 3.29. The molecule has 76 valence electrons. The highest BCUT2D eigenvalue weighted by atomic mass is 35.5.